The van der Waals surface area contributed by atoms with Crippen LogP contribution in [-0.4, -0.2) is 31.2 Å². The smallest absolute Gasteiger partial charge is 0.181 e. The summed E-state index contributed by atoms with van der Waals surface area (Å²) in [5.41, 5.74) is 4.42. The summed E-state index contributed by atoms with van der Waals surface area (Å²) in [4.78, 5) is 6.68. The van der Waals surface area contributed by atoms with Gasteiger partial charge in [0.1, 0.15) is 5.52 Å². The highest BCUT2D eigenvalue weighted by molar-refractivity contribution is 5.81. The third kappa shape index (κ3) is 1.89. The Labute approximate surface area is 101 Å². The molecule has 1 aromatic carbocycles. The molecule has 17 heavy (non-hydrogen) atoms. The van der Waals surface area contributed by atoms with Crippen molar-refractivity contribution in [2.24, 2.45) is 0 Å². The van der Waals surface area contributed by atoms with Crippen molar-refractivity contribution in [3.63, 3.8) is 0 Å². The maximum Gasteiger partial charge on any atom is 0.181 e. The van der Waals surface area contributed by atoms with Gasteiger partial charge in [-0.1, -0.05) is 6.92 Å². The highest BCUT2D eigenvalue weighted by atomic mass is 16.3. The minimum Gasteiger partial charge on any atom is -0.443 e. The summed E-state index contributed by atoms with van der Waals surface area (Å²) in [5, 5.41) is 3.37. The van der Waals surface area contributed by atoms with E-state index < -0.39 is 0 Å². The fourth-order valence-electron chi connectivity index (χ4n) is 2.39. The van der Waals surface area contributed by atoms with E-state index in [1.165, 1.54) is 17.6 Å². The molecule has 0 saturated carbocycles. The Kier molecular flexibility index (Phi) is 2.73. The second-order valence-electron chi connectivity index (χ2n) is 4.40. The average molecular weight is 231 g/mol. The van der Waals surface area contributed by atoms with Crippen LogP contribution in [0.25, 0.3) is 11.1 Å². The number of anilines is 1. The summed E-state index contributed by atoms with van der Waals surface area (Å²) in [7, 11) is 0. The molecule has 1 N–H and O–H groups in total. The number of hydrogen-bond acceptors (Lipinski definition) is 4. The Balaban J connectivity index is 2.03. The predicted molar refractivity (Wildman–Crippen MR) is 68.5 cm³/mol. The van der Waals surface area contributed by atoms with Crippen molar-refractivity contribution in [1.82, 2.24) is 10.3 Å². The molecule has 1 aromatic heterocycles. The average Bonchev–Trinajstić information content (AvgIpc) is 2.86. The van der Waals surface area contributed by atoms with Gasteiger partial charge in [-0.25, -0.2) is 4.98 Å². The first-order valence-electron chi connectivity index (χ1n) is 6.20. The van der Waals surface area contributed by atoms with Crippen molar-refractivity contribution < 1.29 is 4.42 Å². The van der Waals surface area contributed by atoms with E-state index in [4.69, 9.17) is 4.42 Å². The summed E-state index contributed by atoms with van der Waals surface area (Å²) in [6.45, 7) is 6.38. The number of piperazine rings is 1. The lowest BCUT2D eigenvalue weighted by molar-refractivity contribution is 0.588. The normalized spacial score (nSPS) is 16.6. The molecule has 1 fully saturated rings. The number of aromatic nitrogens is 1. The molecule has 2 aromatic rings. The summed E-state index contributed by atoms with van der Waals surface area (Å²) in [6.07, 6.45) is 2.51. The lowest BCUT2D eigenvalue weighted by Crippen LogP contribution is -2.43. The molecule has 3 rings (SSSR count). The van der Waals surface area contributed by atoms with E-state index in [9.17, 15) is 0 Å². The van der Waals surface area contributed by atoms with Gasteiger partial charge in [0.2, 0.25) is 0 Å². The lowest BCUT2D eigenvalue weighted by Gasteiger charge is -2.29. The lowest BCUT2D eigenvalue weighted by atomic mass is 10.1. The largest absolute Gasteiger partial charge is 0.443 e. The number of aryl methyl sites for hydroxylation is 1. The molecule has 0 amide bonds. The maximum absolute atomic E-state index is 5.44. The van der Waals surface area contributed by atoms with Crippen LogP contribution in [0.3, 0.4) is 0 Å². The number of benzene rings is 1. The van der Waals surface area contributed by atoms with Crippen LogP contribution in [0.15, 0.2) is 22.9 Å². The molecule has 90 valence electrons. The summed E-state index contributed by atoms with van der Waals surface area (Å²) >= 11 is 0. The van der Waals surface area contributed by atoms with Crippen LogP contribution in [0.2, 0.25) is 0 Å². The first-order chi connectivity index (χ1) is 8.38. The second kappa shape index (κ2) is 4.37. The van der Waals surface area contributed by atoms with Crippen LogP contribution in [-0.2, 0) is 6.42 Å². The van der Waals surface area contributed by atoms with E-state index in [2.05, 4.69) is 34.3 Å². The molecule has 4 heteroatoms. The topological polar surface area (TPSA) is 41.3 Å². The first kappa shape index (κ1) is 10.6. The van der Waals surface area contributed by atoms with Crippen LogP contribution >= 0.6 is 0 Å². The highest BCUT2D eigenvalue weighted by Gasteiger charge is 2.14. The maximum atomic E-state index is 5.44. The highest BCUT2D eigenvalue weighted by Crippen LogP contribution is 2.26. The van der Waals surface area contributed by atoms with Gasteiger partial charge >= 0.3 is 0 Å². The number of nitrogens with one attached hydrogen (secondary N) is 1. The van der Waals surface area contributed by atoms with Gasteiger partial charge in [-0.2, -0.15) is 0 Å². The molecule has 0 radical (unpaired) electrons. The van der Waals surface area contributed by atoms with Crippen molar-refractivity contribution in [3.8, 4) is 0 Å². The fourth-order valence-corrected chi connectivity index (χ4v) is 2.39. The Morgan fingerprint density at radius 3 is 2.94 bits per heavy atom. The van der Waals surface area contributed by atoms with Gasteiger partial charge in [-0.05, 0) is 24.1 Å². The SMILES string of the molecule is CCc1cc(N2CCNCC2)cc2ncoc12. The molecule has 1 saturated heterocycles. The molecular formula is C13H17N3O. The molecule has 1 aliphatic heterocycles. The van der Waals surface area contributed by atoms with E-state index in [-0.39, 0.29) is 0 Å². The van der Waals surface area contributed by atoms with E-state index in [1.54, 1.807) is 0 Å². The van der Waals surface area contributed by atoms with Crippen molar-refractivity contribution in [1.29, 1.82) is 0 Å². The van der Waals surface area contributed by atoms with Crippen LogP contribution in [0.4, 0.5) is 5.69 Å². The molecule has 2 heterocycles. The van der Waals surface area contributed by atoms with Gasteiger partial charge in [-0.15, -0.1) is 0 Å². The third-order valence-electron chi connectivity index (χ3n) is 3.36. The van der Waals surface area contributed by atoms with Crippen molar-refractivity contribution in [3.05, 3.63) is 24.1 Å². The summed E-state index contributed by atoms with van der Waals surface area (Å²) in [5.74, 6) is 0. The Morgan fingerprint density at radius 2 is 2.18 bits per heavy atom. The number of oxazole rings is 1. The molecule has 0 unspecified atom stereocenters. The van der Waals surface area contributed by atoms with Crippen molar-refractivity contribution in [2.45, 2.75) is 13.3 Å². The fraction of sp³-hybridized carbons (Fsp3) is 0.462. The van der Waals surface area contributed by atoms with Gasteiger partial charge < -0.3 is 14.6 Å². The monoisotopic (exact) mass is 231 g/mol. The Bertz CT molecular complexity index is 514. The van der Waals surface area contributed by atoms with E-state index in [0.717, 1.165) is 43.7 Å². The van der Waals surface area contributed by atoms with Crippen molar-refractivity contribution in [2.75, 3.05) is 31.1 Å². The van der Waals surface area contributed by atoms with Crippen LogP contribution in [0.1, 0.15) is 12.5 Å². The molecule has 0 bridgehead atoms. The first-order valence-corrected chi connectivity index (χ1v) is 6.20. The van der Waals surface area contributed by atoms with E-state index >= 15 is 0 Å². The van der Waals surface area contributed by atoms with Crippen LogP contribution in [0, 0.1) is 0 Å². The molecular weight excluding hydrogens is 214 g/mol. The third-order valence-corrected chi connectivity index (χ3v) is 3.36. The van der Waals surface area contributed by atoms with Crippen molar-refractivity contribution >= 4 is 16.8 Å². The molecule has 0 atom stereocenters. The zero-order chi connectivity index (χ0) is 11.7. The van der Waals surface area contributed by atoms with Crippen LogP contribution in [0.5, 0.6) is 0 Å². The van der Waals surface area contributed by atoms with Gasteiger partial charge in [0, 0.05) is 31.9 Å². The summed E-state index contributed by atoms with van der Waals surface area (Å²) in [6, 6.07) is 4.36. The summed E-state index contributed by atoms with van der Waals surface area (Å²) < 4.78 is 5.44. The predicted octanol–water partition coefficient (Wildman–Crippen LogP) is 1.80. The molecule has 4 nitrogen and oxygen atoms in total. The quantitative estimate of drug-likeness (QED) is 0.855. The minimum atomic E-state index is 0.936. The number of fused-ring (bicyclic) bond motifs is 1. The Morgan fingerprint density at radius 1 is 1.35 bits per heavy atom. The molecule has 0 aliphatic carbocycles. The minimum absolute atomic E-state index is 0.936. The van der Waals surface area contributed by atoms with Crippen LogP contribution < -0.4 is 10.2 Å². The second-order valence-corrected chi connectivity index (χ2v) is 4.40. The number of hydrogen-bond donors (Lipinski definition) is 1. The Hall–Kier alpha value is -1.55. The van der Waals surface area contributed by atoms with E-state index in [0.29, 0.717) is 0 Å². The van der Waals surface area contributed by atoms with E-state index in [1.807, 2.05) is 0 Å². The van der Waals surface area contributed by atoms with Gasteiger partial charge in [-0.3, -0.25) is 0 Å². The standard InChI is InChI=1S/C13H17N3O/c1-2-10-7-11(16-5-3-14-4-6-16)8-12-13(10)17-9-15-12/h7-9,14H,2-6H2,1H3. The van der Waals surface area contributed by atoms with Gasteiger partial charge in [0.15, 0.2) is 12.0 Å². The molecule has 1 aliphatic rings. The zero-order valence-corrected chi connectivity index (χ0v) is 10.1. The molecule has 0 spiro atoms. The number of rotatable bonds is 2. The zero-order valence-electron chi connectivity index (χ0n) is 10.1. The van der Waals surface area contributed by atoms with Gasteiger partial charge in [0.05, 0.1) is 0 Å². The van der Waals surface area contributed by atoms with Gasteiger partial charge in [0.25, 0.3) is 0 Å². The number of nitrogens with zero attached hydrogens (tertiary/aromatic N) is 2.